The van der Waals surface area contributed by atoms with Gasteiger partial charge in [0.2, 0.25) is 10.0 Å². The molecule has 0 unspecified atom stereocenters. The molecule has 1 aliphatic heterocycles. The molecule has 1 N–H and O–H groups in total. The van der Waals surface area contributed by atoms with E-state index in [0.717, 1.165) is 52.4 Å². The van der Waals surface area contributed by atoms with Gasteiger partial charge in [-0.15, -0.1) is 0 Å². The van der Waals surface area contributed by atoms with Crippen LogP contribution in [0.4, 0.5) is 5.69 Å². The Morgan fingerprint density at radius 1 is 1.04 bits per heavy atom. The molecule has 0 amide bonds. The van der Waals surface area contributed by atoms with Crippen LogP contribution in [0.2, 0.25) is 0 Å². The van der Waals surface area contributed by atoms with Crippen molar-refractivity contribution >= 4 is 33.2 Å². The van der Waals surface area contributed by atoms with Crippen molar-refractivity contribution in [3.05, 3.63) is 48.0 Å². The quantitative estimate of drug-likeness (QED) is 0.667. The van der Waals surface area contributed by atoms with Gasteiger partial charge in [-0.2, -0.15) is 0 Å². The van der Waals surface area contributed by atoms with Crippen molar-refractivity contribution in [2.45, 2.75) is 54.2 Å². The minimum Gasteiger partial charge on any atom is -0.252 e. The lowest BCUT2D eigenvalue weighted by molar-refractivity contribution is 0.578. The number of nitrogens with one attached hydrogen (secondary N) is 1. The van der Waals surface area contributed by atoms with E-state index in [0.29, 0.717) is 6.54 Å². The first kappa shape index (κ1) is 19.1. The zero-order chi connectivity index (χ0) is 18.6. The van der Waals surface area contributed by atoms with Gasteiger partial charge < -0.3 is 0 Å². The average molecular weight is 389 g/mol. The van der Waals surface area contributed by atoms with Gasteiger partial charge in [0.05, 0.1) is 10.6 Å². The van der Waals surface area contributed by atoms with Crippen LogP contribution in [-0.2, 0) is 10.0 Å². The number of fused-ring (bicyclic) bond motifs is 2. The fourth-order valence-electron chi connectivity index (χ4n) is 2.85. The summed E-state index contributed by atoms with van der Waals surface area (Å²) in [7, 11) is -3.50. The SMILES string of the molecule is CCCCNS(=O)(=O)c1ccc2c(c1)N=C(CCC)c1ccccc1S2. The fourth-order valence-corrected chi connectivity index (χ4v) is 4.97. The van der Waals surface area contributed by atoms with E-state index in [9.17, 15) is 8.42 Å². The highest BCUT2D eigenvalue weighted by Crippen LogP contribution is 2.41. The Balaban J connectivity index is 2.01. The third-order valence-corrected chi connectivity index (χ3v) is 6.82. The van der Waals surface area contributed by atoms with Gasteiger partial charge in [0.1, 0.15) is 0 Å². The topological polar surface area (TPSA) is 58.5 Å². The molecule has 4 nitrogen and oxygen atoms in total. The Hall–Kier alpha value is -1.63. The van der Waals surface area contributed by atoms with Crippen molar-refractivity contribution in [2.75, 3.05) is 6.54 Å². The summed E-state index contributed by atoms with van der Waals surface area (Å²) in [5.41, 5.74) is 2.89. The van der Waals surface area contributed by atoms with Crippen LogP contribution in [0, 0.1) is 0 Å². The summed E-state index contributed by atoms with van der Waals surface area (Å²) in [5, 5.41) is 0. The van der Waals surface area contributed by atoms with Gasteiger partial charge in [0, 0.05) is 27.6 Å². The van der Waals surface area contributed by atoms with Crippen molar-refractivity contribution in [3.8, 4) is 0 Å². The summed E-state index contributed by atoms with van der Waals surface area (Å²) in [6, 6.07) is 13.5. The van der Waals surface area contributed by atoms with Gasteiger partial charge in [-0.3, -0.25) is 4.99 Å². The molecule has 1 aliphatic rings. The predicted molar refractivity (Wildman–Crippen MR) is 108 cm³/mol. The maximum atomic E-state index is 12.5. The molecular weight excluding hydrogens is 364 g/mol. The zero-order valence-corrected chi connectivity index (χ0v) is 16.8. The van der Waals surface area contributed by atoms with Gasteiger partial charge in [-0.25, -0.2) is 13.1 Å². The number of hydrogen-bond acceptors (Lipinski definition) is 4. The summed E-state index contributed by atoms with van der Waals surface area (Å²) in [6.07, 6.45) is 3.63. The van der Waals surface area contributed by atoms with E-state index in [1.54, 1.807) is 23.9 Å². The summed E-state index contributed by atoms with van der Waals surface area (Å²) >= 11 is 1.64. The van der Waals surface area contributed by atoms with Crippen molar-refractivity contribution in [2.24, 2.45) is 4.99 Å². The van der Waals surface area contributed by atoms with Crippen molar-refractivity contribution in [1.29, 1.82) is 0 Å². The second kappa shape index (κ2) is 8.37. The van der Waals surface area contributed by atoms with Crippen LogP contribution in [0.3, 0.4) is 0 Å². The highest BCUT2D eigenvalue weighted by molar-refractivity contribution is 7.99. The van der Waals surface area contributed by atoms with Gasteiger partial charge in [-0.1, -0.05) is 56.7 Å². The molecule has 3 rings (SSSR count). The highest BCUT2D eigenvalue weighted by Gasteiger charge is 2.20. The van der Waals surface area contributed by atoms with Crippen LogP contribution in [0.15, 0.2) is 62.1 Å². The largest absolute Gasteiger partial charge is 0.252 e. The molecular formula is C20H24N2O2S2. The number of rotatable bonds is 7. The monoisotopic (exact) mass is 388 g/mol. The summed E-state index contributed by atoms with van der Waals surface area (Å²) in [5.74, 6) is 0. The van der Waals surface area contributed by atoms with Gasteiger partial charge in [0.15, 0.2) is 0 Å². The molecule has 0 aliphatic carbocycles. The van der Waals surface area contributed by atoms with Crippen LogP contribution in [-0.4, -0.2) is 20.7 Å². The van der Waals surface area contributed by atoms with E-state index in [1.807, 2.05) is 25.1 Å². The number of nitrogens with zero attached hydrogens (tertiary/aromatic N) is 1. The molecule has 0 radical (unpaired) electrons. The van der Waals surface area contributed by atoms with Crippen LogP contribution < -0.4 is 4.72 Å². The Bertz CT molecular complexity index is 921. The lowest BCUT2D eigenvalue weighted by Crippen LogP contribution is -2.24. The molecule has 138 valence electrons. The first-order valence-electron chi connectivity index (χ1n) is 9.03. The standard InChI is InChI=1S/C20H24N2O2S2/c1-3-5-13-21-26(23,24)15-11-12-20-18(14-15)22-17(8-4-2)16-9-6-7-10-19(16)25-20/h6-7,9-12,14,21H,3-5,8,13H2,1-2H3. The molecule has 2 aromatic rings. The van der Waals surface area contributed by atoms with E-state index in [4.69, 9.17) is 4.99 Å². The molecule has 0 aromatic heterocycles. The summed E-state index contributed by atoms with van der Waals surface area (Å²) in [4.78, 5) is 7.27. The van der Waals surface area contributed by atoms with Crippen molar-refractivity contribution in [1.82, 2.24) is 4.72 Å². The van der Waals surface area contributed by atoms with Gasteiger partial charge in [0.25, 0.3) is 0 Å². The number of aliphatic imine (C=N–C) groups is 1. The predicted octanol–water partition coefficient (Wildman–Crippen LogP) is 5.15. The van der Waals surface area contributed by atoms with E-state index >= 15 is 0 Å². The van der Waals surface area contributed by atoms with Crippen molar-refractivity contribution in [3.63, 3.8) is 0 Å². The fraction of sp³-hybridized carbons (Fsp3) is 0.350. The molecule has 0 saturated carbocycles. The van der Waals surface area contributed by atoms with Crippen molar-refractivity contribution < 1.29 is 8.42 Å². The van der Waals surface area contributed by atoms with E-state index in [-0.39, 0.29) is 4.90 Å². The van der Waals surface area contributed by atoms with E-state index < -0.39 is 10.0 Å². The zero-order valence-electron chi connectivity index (χ0n) is 15.2. The van der Waals surface area contributed by atoms with E-state index in [1.165, 1.54) is 0 Å². The maximum Gasteiger partial charge on any atom is 0.240 e. The normalized spacial score (nSPS) is 13.5. The number of benzene rings is 2. The van der Waals surface area contributed by atoms with Crippen LogP contribution in [0.1, 0.15) is 45.1 Å². The van der Waals surface area contributed by atoms with Crippen LogP contribution in [0.25, 0.3) is 0 Å². The number of sulfonamides is 1. The molecule has 0 atom stereocenters. The minimum atomic E-state index is -3.50. The average Bonchev–Trinajstić information content (AvgIpc) is 2.78. The van der Waals surface area contributed by atoms with E-state index in [2.05, 4.69) is 23.8 Å². The molecule has 0 bridgehead atoms. The Labute approximate surface area is 160 Å². The first-order chi connectivity index (χ1) is 12.5. The Morgan fingerprint density at radius 2 is 1.85 bits per heavy atom. The Kier molecular flexibility index (Phi) is 6.16. The molecule has 1 heterocycles. The second-order valence-corrected chi connectivity index (χ2v) is 9.14. The Morgan fingerprint density at radius 3 is 2.62 bits per heavy atom. The number of hydrogen-bond donors (Lipinski definition) is 1. The van der Waals surface area contributed by atoms with Crippen LogP contribution >= 0.6 is 11.8 Å². The lowest BCUT2D eigenvalue weighted by Gasteiger charge is -2.09. The molecule has 26 heavy (non-hydrogen) atoms. The lowest BCUT2D eigenvalue weighted by atomic mass is 10.1. The molecule has 0 spiro atoms. The summed E-state index contributed by atoms with van der Waals surface area (Å²) in [6.45, 7) is 4.62. The smallest absolute Gasteiger partial charge is 0.240 e. The number of unbranched alkanes of at least 4 members (excludes halogenated alkanes) is 1. The first-order valence-corrected chi connectivity index (χ1v) is 11.3. The molecule has 2 aromatic carbocycles. The third kappa shape index (κ3) is 4.19. The second-order valence-electron chi connectivity index (χ2n) is 6.29. The van der Waals surface area contributed by atoms with Gasteiger partial charge >= 0.3 is 0 Å². The maximum absolute atomic E-state index is 12.5. The molecule has 0 saturated heterocycles. The molecule has 6 heteroatoms. The van der Waals surface area contributed by atoms with Crippen LogP contribution in [0.5, 0.6) is 0 Å². The third-order valence-electron chi connectivity index (χ3n) is 4.22. The summed E-state index contributed by atoms with van der Waals surface area (Å²) < 4.78 is 27.7. The minimum absolute atomic E-state index is 0.276. The molecule has 0 fully saturated rings. The van der Waals surface area contributed by atoms with Gasteiger partial charge in [-0.05, 0) is 37.1 Å². The highest BCUT2D eigenvalue weighted by atomic mass is 32.2.